The third-order valence-electron chi connectivity index (χ3n) is 3.28. The quantitative estimate of drug-likeness (QED) is 0.469. The second-order valence-corrected chi connectivity index (χ2v) is 4.24. The summed E-state index contributed by atoms with van der Waals surface area (Å²) in [6.07, 6.45) is 5.24. The monoisotopic (exact) mass is 178 g/mol. The molecule has 0 aromatic rings. The third-order valence-corrected chi connectivity index (χ3v) is 3.28. The highest BCUT2D eigenvalue weighted by Crippen LogP contribution is 2.42. The molecule has 72 valence electrons. The van der Waals surface area contributed by atoms with Crippen LogP contribution in [0.1, 0.15) is 33.6 Å². The summed E-state index contributed by atoms with van der Waals surface area (Å²) in [5, 5.41) is 0. The highest BCUT2D eigenvalue weighted by molar-refractivity contribution is 5.66. The fourth-order valence-electron chi connectivity index (χ4n) is 2.16. The van der Waals surface area contributed by atoms with E-state index in [-0.39, 0.29) is 5.41 Å². The van der Waals surface area contributed by atoms with Crippen molar-refractivity contribution in [2.75, 3.05) is 0 Å². The Morgan fingerprint density at radius 3 is 2.77 bits per heavy atom. The summed E-state index contributed by atoms with van der Waals surface area (Å²) in [7, 11) is 0. The van der Waals surface area contributed by atoms with E-state index in [0.717, 1.165) is 24.7 Å². The molecule has 0 spiro atoms. The van der Waals surface area contributed by atoms with Gasteiger partial charge in [-0.05, 0) is 32.6 Å². The molecule has 0 amide bonds. The number of aldehydes is 1. The molecule has 1 heteroatoms. The Kier molecular flexibility index (Phi) is 2.74. The van der Waals surface area contributed by atoms with Crippen LogP contribution in [0.4, 0.5) is 0 Å². The van der Waals surface area contributed by atoms with Gasteiger partial charge >= 0.3 is 0 Å². The average Bonchev–Trinajstić information content (AvgIpc) is 2.04. The lowest BCUT2D eigenvalue weighted by Crippen LogP contribution is -2.33. The Balaban J connectivity index is 3.03. The Morgan fingerprint density at radius 1 is 1.77 bits per heavy atom. The van der Waals surface area contributed by atoms with Crippen LogP contribution in [0, 0.1) is 11.3 Å². The van der Waals surface area contributed by atoms with E-state index in [9.17, 15) is 4.79 Å². The Bertz CT molecular complexity index is 262. The van der Waals surface area contributed by atoms with E-state index in [1.807, 2.05) is 6.92 Å². The van der Waals surface area contributed by atoms with Crippen molar-refractivity contribution in [1.82, 2.24) is 0 Å². The van der Waals surface area contributed by atoms with Gasteiger partial charge in [0.1, 0.15) is 6.29 Å². The van der Waals surface area contributed by atoms with Gasteiger partial charge in [-0.25, -0.2) is 0 Å². The zero-order chi connectivity index (χ0) is 10.1. The standard InChI is InChI=1S/C12H18O/c1-9(2)12(8-13)6-5-10(3)7-11(12)4/h7-8,11H,1,5-6H2,2-4H3/t11-,12-/m0/s1. The fraction of sp³-hybridized carbons (Fsp3) is 0.583. The first-order chi connectivity index (χ1) is 6.03. The summed E-state index contributed by atoms with van der Waals surface area (Å²) in [4.78, 5) is 11.2. The van der Waals surface area contributed by atoms with Crippen LogP contribution in [0.15, 0.2) is 23.8 Å². The molecule has 0 radical (unpaired) electrons. The smallest absolute Gasteiger partial charge is 0.130 e. The van der Waals surface area contributed by atoms with Crippen molar-refractivity contribution in [3.05, 3.63) is 23.8 Å². The molecule has 0 aromatic carbocycles. The van der Waals surface area contributed by atoms with Crippen LogP contribution in [-0.2, 0) is 4.79 Å². The summed E-state index contributed by atoms with van der Waals surface area (Å²) in [5.41, 5.74) is 2.10. The molecule has 1 rings (SSSR count). The molecule has 2 atom stereocenters. The molecule has 0 N–H and O–H groups in total. The van der Waals surface area contributed by atoms with Crippen LogP contribution < -0.4 is 0 Å². The van der Waals surface area contributed by atoms with E-state index in [1.165, 1.54) is 5.57 Å². The lowest BCUT2D eigenvalue weighted by Gasteiger charge is -2.37. The molecule has 1 nitrogen and oxygen atoms in total. The van der Waals surface area contributed by atoms with Crippen LogP contribution in [0.5, 0.6) is 0 Å². The number of hydrogen-bond acceptors (Lipinski definition) is 1. The zero-order valence-corrected chi connectivity index (χ0v) is 8.76. The van der Waals surface area contributed by atoms with Crippen LogP contribution in [0.2, 0.25) is 0 Å². The molecule has 0 saturated heterocycles. The van der Waals surface area contributed by atoms with Gasteiger partial charge < -0.3 is 4.79 Å². The van der Waals surface area contributed by atoms with Gasteiger partial charge in [0.05, 0.1) is 5.41 Å². The molecule has 0 heterocycles. The van der Waals surface area contributed by atoms with Crippen molar-refractivity contribution >= 4 is 6.29 Å². The average molecular weight is 178 g/mol. The normalized spacial score (nSPS) is 33.8. The maximum Gasteiger partial charge on any atom is 0.130 e. The summed E-state index contributed by atoms with van der Waals surface area (Å²) >= 11 is 0. The van der Waals surface area contributed by atoms with Crippen molar-refractivity contribution in [3.63, 3.8) is 0 Å². The van der Waals surface area contributed by atoms with Gasteiger partial charge in [-0.3, -0.25) is 0 Å². The zero-order valence-electron chi connectivity index (χ0n) is 8.76. The van der Waals surface area contributed by atoms with E-state index in [0.29, 0.717) is 5.92 Å². The molecule has 0 aromatic heterocycles. The highest BCUT2D eigenvalue weighted by Gasteiger charge is 2.37. The van der Waals surface area contributed by atoms with Crippen molar-refractivity contribution in [2.24, 2.45) is 11.3 Å². The van der Waals surface area contributed by atoms with Crippen LogP contribution in [0.3, 0.4) is 0 Å². The van der Waals surface area contributed by atoms with Crippen LogP contribution in [-0.4, -0.2) is 6.29 Å². The largest absolute Gasteiger partial charge is 0.302 e. The number of hydrogen-bond donors (Lipinski definition) is 0. The topological polar surface area (TPSA) is 17.1 Å². The first-order valence-electron chi connectivity index (χ1n) is 4.82. The van der Waals surface area contributed by atoms with E-state index >= 15 is 0 Å². The van der Waals surface area contributed by atoms with Gasteiger partial charge in [-0.2, -0.15) is 0 Å². The second kappa shape index (κ2) is 3.49. The maximum atomic E-state index is 11.2. The van der Waals surface area contributed by atoms with E-state index in [4.69, 9.17) is 0 Å². The van der Waals surface area contributed by atoms with E-state index < -0.39 is 0 Å². The first kappa shape index (κ1) is 10.2. The summed E-state index contributed by atoms with van der Waals surface area (Å²) < 4.78 is 0. The van der Waals surface area contributed by atoms with E-state index in [2.05, 4.69) is 26.5 Å². The molecule has 0 unspecified atom stereocenters. The van der Waals surface area contributed by atoms with Crippen LogP contribution in [0.25, 0.3) is 0 Å². The molecule has 13 heavy (non-hydrogen) atoms. The molecule has 0 bridgehead atoms. The molecule has 0 aliphatic heterocycles. The Hall–Kier alpha value is -0.850. The number of rotatable bonds is 2. The van der Waals surface area contributed by atoms with Crippen molar-refractivity contribution < 1.29 is 4.79 Å². The Labute approximate surface area is 80.5 Å². The van der Waals surface area contributed by atoms with E-state index in [1.54, 1.807) is 0 Å². The van der Waals surface area contributed by atoms with Gasteiger partial charge in [-0.15, -0.1) is 0 Å². The lowest BCUT2D eigenvalue weighted by atomic mass is 9.66. The van der Waals surface area contributed by atoms with Gasteiger partial charge in [-0.1, -0.05) is 30.7 Å². The SMILES string of the molecule is C=C(C)[C@@]1(C=O)CCC(C)=C[C@@H]1C. The van der Waals surface area contributed by atoms with Gasteiger partial charge in [0.15, 0.2) is 0 Å². The maximum absolute atomic E-state index is 11.2. The summed E-state index contributed by atoms with van der Waals surface area (Å²) in [6.45, 7) is 10.1. The molecule has 0 fully saturated rings. The predicted octanol–water partition coefficient (Wildman–Crippen LogP) is 3.12. The van der Waals surface area contributed by atoms with Gasteiger partial charge in [0.2, 0.25) is 0 Å². The summed E-state index contributed by atoms with van der Waals surface area (Å²) in [6, 6.07) is 0. The fourth-order valence-corrected chi connectivity index (χ4v) is 2.16. The first-order valence-corrected chi connectivity index (χ1v) is 4.82. The van der Waals surface area contributed by atoms with Crippen molar-refractivity contribution in [3.8, 4) is 0 Å². The summed E-state index contributed by atoms with van der Waals surface area (Å²) in [5.74, 6) is 0.302. The third kappa shape index (κ3) is 1.60. The van der Waals surface area contributed by atoms with Crippen molar-refractivity contribution in [2.45, 2.75) is 33.6 Å². The highest BCUT2D eigenvalue weighted by atomic mass is 16.1. The minimum absolute atomic E-state index is 0.292. The molecule has 1 aliphatic rings. The van der Waals surface area contributed by atoms with Gasteiger partial charge in [0.25, 0.3) is 0 Å². The second-order valence-electron chi connectivity index (χ2n) is 4.24. The number of carbonyl (C=O) groups is 1. The number of carbonyl (C=O) groups excluding carboxylic acids is 1. The number of allylic oxidation sites excluding steroid dienone is 3. The molecule has 1 aliphatic carbocycles. The lowest BCUT2D eigenvalue weighted by molar-refractivity contribution is -0.116. The van der Waals surface area contributed by atoms with Gasteiger partial charge in [0, 0.05) is 0 Å². The molecular weight excluding hydrogens is 160 g/mol. The Morgan fingerprint density at radius 2 is 2.38 bits per heavy atom. The van der Waals surface area contributed by atoms with Crippen LogP contribution >= 0.6 is 0 Å². The molecular formula is C12H18O. The van der Waals surface area contributed by atoms with Crippen molar-refractivity contribution in [1.29, 1.82) is 0 Å². The predicted molar refractivity (Wildman–Crippen MR) is 55.5 cm³/mol. The molecule has 0 saturated carbocycles. The minimum Gasteiger partial charge on any atom is -0.302 e. The minimum atomic E-state index is -0.292.